The van der Waals surface area contributed by atoms with E-state index in [2.05, 4.69) is 0 Å². The van der Waals surface area contributed by atoms with E-state index in [0.717, 1.165) is 0 Å². The van der Waals surface area contributed by atoms with Gasteiger partial charge in [0, 0.05) is 0 Å². The van der Waals surface area contributed by atoms with Crippen LogP contribution in [0.15, 0.2) is 0 Å². The van der Waals surface area contributed by atoms with Crippen molar-refractivity contribution >= 4 is 31.1 Å². The minimum absolute atomic E-state index is 0.265. The molecule has 18 valence electrons. The molecule has 2 nitrogen and oxygen atoms in total. The van der Waals surface area contributed by atoms with Crippen molar-refractivity contribution in [2.45, 2.75) is 0 Å². The van der Waals surface area contributed by atoms with E-state index in [1.807, 2.05) is 0 Å². The molecular formula is CHNaO2. The van der Waals surface area contributed by atoms with Gasteiger partial charge in [-0.1, -0.05) is 0 Å². The Labute approximate surface area is 41.2 Å². The van der Waals surface area contributed by atoms with Crippen LogP contribution in [0.2, 0.25) is 0 Å². The maximum atomic E-state index is 9.06. The normalized spacial score (nSPS) is 6.50. The third kappa shape index (κ3) is 24.2. The quantitative estimate of drug-likeness (QED) is 0.400. The van der Waals surface area contributed by atoms with E-state index in [9.17, 15) is 0 Å². The summed E-state index contributed by atoms with van der Waals surface area (Å²) in [5.74, 6) is 0. The first-order valence-corrected chi connectivity index (χ1v) is 1.93. The summed E-state index contributed by atoms with van der Waals surface area (Å²) in [6.45, 7) is 0. The predicted octanol–water partition coefficient (Wildman–Crippen LogP) is -0.167. The average Bonchev–Trinajstić information content (AvgIpc) is 0.811. The summed E-state index contributed by atoms with van der Waals surface area (Å²) in [6.07, 6.45) is 0. The van der Waals surface area contributed by atoms with Crippen LogP contribution in [-0.4, -0.2) is 36.3 Å². The molecule has 0 rings (SSSR count). The van der Waals surface area contributed by atoms with Crippen molar-refractivity contribution in [3.8, 4) is 0 Å². The average molecular weight is 68.0 g/mol. The SMILES string of the molecule is O=[C](O)[Na]. The van der Waals surface area contributed by atoms with Crippen LogP contribution >= 0.6 is 0 Å². The summed E-state index contributed by atoms with van der Waals surface area (Å²) in [4.78, 5) is 9.06. The molecule has 1 N–H and O–H groups in total. The van der Waals surface area contributed by atoms with Gasteiger partial charge in [0.1, 0.15) is 0 Å². The monoisotopic (exact) mass is 68.0 g/mol. The second-order valence-electron chi connectivity index (χ2n) is 0.519. The van der Waals surface area contributed by atoms with Crippen LogP contribution in [0.25, 0.3) is 0 Å². The molecule has 0 fully saturated rings. The summed E-state index contributed by atoms with van der Waals surface area (Å²) in [5, 5.41) is 7.48. The molecule has 0 aromatic carbocycles. The van der Waals surface area contributed by atoms with E-state index >= 15 is 0 Å². The van der Waals surface area contributed by atoms with Crippen LogP contribution in [0, 0.1) is 0 Å². The summed E-state index contributed by atoms with van der Waals surface area (Å²) >= 11 is 0.265. The van der Waals surface area contributed by atoms with Crippen molar-refractivity contribution in [2.24, 2.45) is 0 Å². The Bertz CT molecular complexity index is 29.0. The second kappa shape index (κ2) is 1.76. The van der Waals surface area contributed by atoms with Gasteiger partial charge in [0.25, 0.3) is 0 Å². The van der Waals surface area contributed by atoms with Gasteiger partial charge in [-0.25, -0.2) is 0 Å². The predicted molar refractivity (Wildman–Crippen MR) is 13.8 cm³/mol. The Kier molecular flexibility index (Phi) is 1.96. The number of hydrogen-bond acceptors (Lipinski definition) is 1. The zero-order valence-electron chi connectivity index (χ0n) is 2.36. The first kappa shape index (κ1) is 4.47. The molecule has 0 amide bonds. The third-order valence-corrected chi connectivity index (χ3v) is 0. The van der Waals surface area contributed by atoms with Crippen LogP contribution in [0.3, 0.4) is 0 Å². The van der Waals surface area contributed by atoms with Gasteiger partial charge in [-0.05, 0) is 0 Å². The Morgan fingerprint density at radius 2 is 2.00 bits per heavy atom. The zero-order valence-corrected chi connectivity index (χ0v) is 4.36. The van der Waals surface area contributed by atoms with Crippen molar-refractivity contribution in [2.75, 3.05) is 0 Å². The van der Waals surface area contributed by atoms with Crippen molar-refractivity contribution in [1.82, 2.24) is 0 Å². The topological polar surface area (TPSA) is 37.3 Å². The number of rotatable bonds is 0. The molecule has 0 aliphatic rings. The zero-order chi connectivity index (χ0) is 3.58. The van der Waals surface area contributed by atoms with Crippen molar-refractivity contribution in [1.29, 1.82) is 0 Å². The molecule has 0 atom stereocenters. The Balaban J connectivity index is 2.80. The van der Waals surface area contributed by atoms with Gasteiger partial charge in [-0.2, -0.15) is 0 Å². The maximum absolute atomic E-state index is 9.06. The van der Waals surface area contributed by atoms with Gasteiger partial charge in [0.2, 0.25) is 0 Å². The van der Waals surface area contributed by atoms with Crippen LogP contribution in [0.1, 0.15) is 0 Å². The van der Waals surface area contributed by atoms with Gasteiger partial charge < -0.3 is 0 Å². The Morgan fingerprint density at radius 1 is 2.00 bits per heavy atom. The summed E-state index contributed by atoms with van der Waals surface area (Å²) in [6, 6.07) is 0. The van der Waals surface area contributed by atoms with Crippen LogP contribution in [0.5, 0.6) is 0 Å². The molecule has 0 aromatic heterocycles. The molecule has 0 bridgehead atoms. The first-order valence-electron chi connectivity index (χ1n) is 0.928. The third-order valence-electron chi connectivity index (χ3n) is 0. The molecule has 4 heavy (non-hydrogen) atoms. The summed E-state index contributed by atoms with van der Waals surface area (Å²) in [5.41, 5.74) is 0. The standard InChI is InChI=1S/CHO2.Na/c2-1-3;/h(H,2,3);. The summed E-state index contributed by atoms with van der Waals surface area (Å²) < 4.78 is -0.694. The van der Waals surface area contributed by atoms with Gasteiger partial charge in [-0.3, -0.25) is 0 Å². The summed E-state index contributed by atoms with van der Waals surface area (Å²) in [7, 11) is 0. The molecule has 0 radical (unpaired) electrons. The van der Waals surface area contributed by atoms with Crippen LogP contribution < -0.4 is 0 Å². The Hall–Kier alpha value is 0.470. The molecular weight excluding hydrogens is 67.0 g/mol. The van der Waals surface area contributed by atoms with Gasteiger partial charge in [0.15, 0.2) is 0 Å². The fourth-order valence-electron chi connectivity index (χ4n) is 0. The molecule has 0 saturated carbocycles. The van der Waals surface area contributed by atoms with E-state index < -0.39 is 3.22 Å². The Morgan fingerprint density at radius 3 is 2.00 bits per heavy atom. The van der Waals surface area contributed by atoms with E-state index in [1.54, 1.807) is 0 Å². The van der Waals surface area contributed by atoms with Crippen LogP contribution in [0.4, 0.5) is 4.79 Å². The van der Waals surface area contributed by atoms with Gasteiger partial charge >= 0.3 is 41.1 Å². The van der Waals surface area contributed by atoms with Gasteiger partial charge in [0.05, 0.1) is 0 Å². The van der Waals surface area contributed by atoms with Crippen LogP contribution in [-0.2, 0) is 0 Å². The molecule has 0 aromatic rings. The first-order chi connectivity index (χ1) is 1.73. The molecule has 0 spiro atoms. The van der Waals surface area contributed by atoms with E-state index in [0.29, 0.717) is 0 Å². The second-order valence-corrected chi connectivity index (χ2v) is 1.37. The van der Waals surface area contributed by atoms with E-state index in [1.165, 1.54) is 0 Å². The fraction of sp³-hybridized carbons (Fsp3) is 0. The molecule has 0 unspecified atom stereocenters. The van der Waals surface area contributed by atoms with E-state index in [4.69, 9.17) is 9.90 Å². The minimum atomic E-state index is -0.694. The fourth-order valence-corrected chi connectivity index (χ4v) is 0. The molecule has 0 heterocycles. The number of carboxylic acid groups (broad SMARTS) is 1. The van der Waals surface area contributed by atoms with Crippen molar-refractivity contribution in [3.05, 3.63) is 0 Å². The van der Waals surface area contributed by atoms with Gasteiger partial charge in [-0.15, -0.1) is 0 Å². The van der Waals surface area contributed by atoms with E-state index in [-0.39, 0.29) is 27.9 Å². The van der Waals surface area contributed by atoms with Crippen molar-refractivity contribution in [3.63, 3.8) is 0 Å². The molecule has 0 saturated heterocycles. The number of hydrogen-bond donors (Lipinski definition) is 1. The number of carbonyl (C=O) groups is 1. The molecule has 0 aliphatic heterocycles. The molecule has 0 aliphatic carbocycles. The van der Waals surface area contributed by atoms with Crippen molar-refractivity contribution < 1.29 is 9.90 Å². The molecule has 3 heteroatoms.